The van der Waals surface area contributed by atoms with Gasteiger partial charge in [0.15, 0.2) is 0 Å². The summed E-state index contributed by atoms with van der Waals surface area (Å²) in [6, 6.07) is 9.89. The van der Waals surface area contributed by atoms with Crippen LogP contribution in [0.1, 0.15) is 74.9 Å². The monoisotopic (exact) mass is 600 g/mol. The zero-order chi connectivity index (χ0) is 33.1. The highest BCUT2D eigenvalue weighted by Crippen LogP contribution is 2.14. The molecule has 0 saturated carbocycles. The second-order valence-electron chi connectivity index (χ2n) is 12.5. The van der Waals surface area contributed by atoms with E-state index in [1.165, 1.54) is 12.7 Å². The average molecular weight is 601 g/mol. The molecule has 2 aromatic rings. The van der Waals surface area contributed by atoms with Gasteiger partial charge in [-0.2, -0.15) is 0 Å². The molecule has 43 heavy (non-hydrogen) atoms. The maximum absolute atomic E-state index is 11.9. The molecule has 10 heteroatoms. The lowest BCUT2D eigenvalue weighted by molar-refractivity contribution is -0.143. The maximum Gasteiger partial charge on any atom is 0.408 e. The van der Waals surface area contributed by atoms with Crippen molar-refractivity contribution in [1.82, 2.24) is 10.6 Å². The highest BCUT2D eigenvalue weighted by Gasteiger charge is 2.26. The smallest absolute Gasteiger partial charge is 0.408 e. The molecule has 0 radical (unpaired) electrons. The van der Waals surface area contributed by atoms with E-state index in [2.05, 4.69) is 10.6 Å². The standard InChI is InChI=1S/C17H25NO4.C16H23NO4/c1-11-7-8-13(9-12(11)2)10-14(15(19)21-6)18-16(20)22-17(3,4)5;1-10-6-7-12(8-11(10)2)9-13(14(18)19)17-15(20)21-16(3,4)5/h7-9,14H,10H2,1-6H3,(H,18,20);6-8,13H,9H2,1-5H3,(H,17,20)(H,18,19). The lowest BCUT2D eigenvalue weighted by Crippen LogP contribution is -2.45. The predicted molar refractivity (Wildman–Crippen MR) is 165 cm³/mol. The second-order valence-corrected chi connectivity index (χ2v) is 12.5. The molecule has 3 N–H and O–H groups in total. The van der Waals surface area contributed by atoms with Crippen LogP contribution in [0.15, 0.2) is 36.4 Å². The molecule has 0 heterocycles. The van der Waals surface area contributed by atoms with Crippen molar-refractivity contribution >= 4 is 24.1 Å². The minimum atomic E-state index is -1.08. The minimum absolute atomic E-state index is 0.218. The molecule has 2 aromatic carbocycles. The maximum atomic E-state index is 11.9. The third-order valence-electron chi connectivity index (χ3n) is 6.19. The lowest BCUT2D eigenvalue weighted by Gasteiger charge is -2.22. The van der Waals surface area contributed by atoms with Crippen molar-refractivity contribution in [2.75, 3.05) is 7.11 Å². The number of nitrogens with one attached hydrogen (secondary N) is 2. The number of carbonyl (C=O) groups excluding carboxylic acids is 3. The van der Waals surface area contributed by atoms with Crippen LogP contribution in [-0.2, 0) is 36.6 Å². The molecule has 2 unspecified atom stereocenters. The van der Waals surface area contributed by atoms with Crippen LogP contribution in [0.2, 0.25) is 0 Å². The summed E-state index contributed by atoms with van der Waals surface area (Å²) in [5.74, 6) is -1.58. The Bertz CT molecular complexity index is 1270. The fraction of sp³-hybridized carbons (Fsp3) is 0.515. The van der Waals surface area contributed by atoms with Gasteiger partial charge in [-0.05, 0) is 103 Å². The minimum Gasteiger partial charge on any atom is -0.480 e. The number of hydrogen-bond donors (Lipinski definition) is 3. The summed E-state index contributed by atoms with van der Waals surface area (Å²) in [6.45, 7) is 18.5. The van der Waals surface area contributed by atoms with Gasteiger partial charge >= 0.3 is 24.1 Å². The molecule has 2 rings (SSSR count). The molecule has 0 aliphatic heterocycles. The van der Waals surface area contributed by atoms with Crippen molar-refractivity contribution in [3.8, 4) is 0 Å². The van der Waals surface area contributed by atoms with Crippen molar-refractivity contribution in [3.63, 3.8) is 0 Å². The molecule has 2 amide bonds. The number of alkyl carbamates (subject to hydrolysis) is 2. The van der Waals surface area contributed by atoms with Gasteiger partial charge in [0.25, 0.3) is 0 Å². The van der Waals surface area contributed by atoms with Gasteiger partial charge in [-0.3, -0.25) is 0 Å². The van der Waals surface area contributed by atoms with E-state index in [0.717, 1.165) is 27.8 Å². The molecule has 0 fully saturated rings. The summed E-state index contributed by atoms with van der Waals surface area (Å²) in [6.07, 6.45) is -0.784. The summed E-state index contributed by atoms with van der Waals surface area (Å²) in [5, 5.41) is 14.2. The van der Waals surface area contributed by atoms with Crippen molar-refractivity contribution in [1.29, 1.82) is 0 Å². The van der Waals surface area contributed by atoms with Crippen molar-refractivity contribution in [2.24, 2.45) is 0 Å². The molecule has 238 valence electrons. The number of carboxylic acids is 1. The molecular formula is C33H48N2O8. The SMILES string of the molecule is COC(=O)C(Cc1ccc(C)c(C)c1)NC(=O)OC(C)(C)C.Cc1ccc(CC(NC(=O)OC(C)(C)C)C(=O)O)cc1C. The molecule has 0 saturated heterocycles. The first-order valence-corrected chi connectivity index (χ1v) is 14.1. The lowest BCUT2D eigenvalue weighted by atomic mass is 10.0. The fourth-order valence-electron chi connectivity index (χ4n) is 3.77. The van der Waals surface area contributed by atoms with Crippen molar-refractivity contribution in [2.45, 2.75) is 105 Å². The number of esters is 1. The summed E-state index contributed by atoms with van der Waals surface area (Å²) in [5.41, 5.74) is 5.09. The number of benzene rings is 2. The van der Waals surface area contributed by atoms with Crippen molar-refractivity contribution < 1.29 is 38.5 Å². The Kier molecular flexibility index (Phi) is 13.7. The quantitative estimate of drug-likeness (QED) is 0.258. The normalized spacial score (nSPS) is 12.5. The van der Waals surface area contributed by atoms with E-state index in [1.807, 2.05) is 64.1 Å². The van der Waals surface area contributed by atoms with Crippen molar-refractivity contribution in [3.05, 3.63) is 69.8 Å². The summed E-state index contributed by atoms with van der Waals surface area (Å²) in [7, 11) is 1.30. The number of hydrogen-bond acceptors (Lipinski definition) is 7. The Morgan fingerprint density at radius 1 is 0.674 bits per heavy atom. The zero-order valence-electron chi connectivity index (χ0n) is 27.3. The molecule has 0 aliphatic rings. The van der Waals surface area contributed by atoms with E-state index in [1.54, 1.807) is 41.5 Å². The Morgan fingerprint density at radius 2 is 1.05 bits per heavy atom. The molecular weight excluding hydrogens is 552 g/mol. The highest BCUT2D eigenvalue weighted by molar-refractivity contribution is 5.82. The molecule has 2 atom stereocenters. The molecule has 10 nitrogen and oxygen atoms in total. The van der Waals surface area contributed by atoms with E-state index in [9.17, 15) is 24.3 Å². The van der Waals surface area contributed by atoms with Crippen LogP contribution in [0.5, 0.6) is 0 Å². The number of carbonyl (C=O) groups is 4. The first kappa shape index (κ1) is 36.9. The number of methoxy groups -OCH3 is 1. The predicted octanol–water partition coefficient (Wildman–Crippen LogP) is 5.74. The molecule has 0 bridgehead atoms. The van der Waals surface area contributed by atoms with E-state index in [-0.39, 0.29) is 6.42 Å². The van der Waals surface area contributed by atoms with Gasteiger partial charge in [-0.15, -0.1) is 0 Å². The van der Waals surface area contributed by atoms with E-state index in [4.69, 9.17) is 14.2 Å². The Balaban J connectivity index is 0.000000430. The first-order valence-electron chi connectivity index (χ1n) is 14.1. The van der Waals surface area contributed by atoms with Gasteiger partial charge in [-0.25, -0.2) is 19.2 Å². The average Bonchev–Trinajstić information content (AvgIpc) is 2.85. The van der Waals surface area contributed by atoms with E-state index < -0.39 is 47.4 Å². The zero-order valence-corrected chi connectivity index (χ0v) is 27.3. The Hall–Kier alpha value is -4.08. The van der Waals surface area contributed by atoms with Crippen LogP contribution < -0.4 is 10.6 Å². The summed E-state index contributed by atoms with van der Waals surface area (Å²) >= 11 is 0. The van der Waals surface area contributed by atoms with Gasteiger partial charge in [0.05, 0.1) is 7.11 Å². The number of amides is 2. The third-order valence-corrected chi connectivity index (χ3v) is 6.19. The van der Waals surface area contributed by atoms with Gasteiger partial charge in [-0.1, -0.05) is 36.4 Å². The fourth-order valence-corrected chi connectivity index (χ4v) is 3.77. The number of aryl methyl sites for hydroxylation is 4. The highest BCUT2D eigenvalue weighted by atomic mass is 16.6. The number of rotatable bonds is 8. The molecule has 0 aromatic heterocycles. The molecule has 0 aliphatic carbocycles. The van der Waals surface area contributed by atoms with Crippen LogP contribution in [0.4, 0.5) is 9.59 Å². The van der Waals surface area contributed by atoms with Gasteiger partial charge < -0.3 is 30.0 Å². The van der Waals surface area contributed by atoms with Crippen LogP contribution in [-0.4, -0.2) is 59.6 Å². The van der Waals surface area contributed by atoms with Gasteiger partial charge in [0.2, 0.25) is 0 Å². The van der Waals surface area contributed by atoms with Crippen LogP contribution in [0.3, 0.4) is 0 Å². The third kappa shape index (κ3) is 14.6. The summed E-state index contributed by atoms with van der Waals surface area (Å²) in [4.78, 5) is 46.7. The largest absolute Gasteiger partial charge is 0.480 e. The van der Waals surface area contributed by atoms with Crippen LogP contribution in [0, 0.1) is 27.7 Å². The van der Waals surface area contributed by atoms with Crippen LogP contribution in [0.25, 0.3) is 0 Å². The number of ether oxygens (including phenoxy) is 3. The summed E-state index contributed by atoms with van der Waals surface area (Å²) < 4.78 is 15.0. The Labute approximate surface area is 255 Å². The second kappa shape index (κ2) is 16.0. The number of aliphatic carboxylic acids is 1. The van der Waals surface area contributed by atoms with Gasteiger partial charge in [0, 0.05) is 12.8 Å². The van der Waals surface area contributed by atoms with Crippen LogP contribution >= 0.6 is 0 Å². The van der Waals surface area contributed by atoms with E-state index in [0.29, 0.717) is 6.42 Å². The van der Waals surface area contributed by atoms with Gasteiger partial charge in [0.1, 0.15) is 23.3 Å². The first-order chi connectivity index (χ1) is 19.7. The Morgan fingerprint density at radius 3 is 1.37 bits per heavy atom. The topological polar surface area (TPSA) is 140 Å². The molecule has 0 spiro atoms. The number of carboxylic acid groups (broad SMARTS) is 1. The van der Waals surface area contributed by atoms with E-state index >= 15 is 0 Å².